The molecule has 0 unspecified atom stereocenters. The zero-order chi connectivity index (χ0) is 19.3. The van der Waals surface area contributed by atoms with Gasteiger partial charge in [0.2, 0.25) is 15.9 Å². The summed E-state index contributed by atoms with van der Waals surface area (Å²) in [5.74, 6) is -1.63. The van der Waals surface area contributed by atoms with Gasteiger partial charge in [-0.1, -0.05) is 0 Å². The molecule has 9 heteroatoms. The van der Waals surface area contributed by atoms with Crippen LogP contribution in [0.25, 0.3) is 0 Å². The highest BCUT2D eigenvalue weighted by molar-refractivity contribution is 7.89. The van der Waals surface area contributed by atoms with Crippen LogP contribution in [0.2, 0.25) is 0 Å². The third-order valence-corrected chi connectivity index (χ3v) is 5.30. The molecule has 1 N–H and O–H groups in total. The van der Waals surface area contributed by atoms with Gasteiger partial charge in [-0.3, -0.25) is 4.79 Å². The average Bonchev–Trinajstić information content (AvgIpc) is 2.61. The third-order valence-electron chi connectivity index (χ3n) is 3.48. The number of hydrogen-bond donors (Lipinski definition) is 1. The number of nitrogens with zero attached hydrogens (tertiary/aromatic N) is 1. The second-order valence-electron chi connectivity index (χ2n) is 5.33. The Balaban J connectivity index is 2.02. The van der Waals surface area contributed by atoms with Gasteiger partial charge in [0.25, 0.3) is 0 Å². The number of amides is 1. The molecule has 0 radical (unpaired) electrons. The average molecular weight is 380 g/mol. The lowest BCUT2D eigenvalue weighted by atomic mass is 10.2. The number of hydrogen-bond acceptors (Lipinski definition) is 5. The molecule has 0 aliphatic carbocycles. The quantitative estimate of drug-likeness (QED) is 0.773. The summed E-state index contributed by atoms with van der Waals surface area (Å²) in [7, 11) is -1.41. The van der Waals surface area contributed by atoms with Crippen molar-refractivity contribution in [3.63, 3.8) is 0 Å². The molecule has 2 rings (SSSR count). The molecule has 0 saturated carbocycles. The van der Waals surface area contributed by atoms with E-state index in [1.54, 1.807) is 0 Å². The van der Waals surface area contributed by atoms with Crippen molar-refractivity contribution < 1.29 is 27.1 Å². The van der Waals surface area contributed by atoms with Crippen molar-refractivity contribution in [3.05, 3.63) is 59.9 Å². The van der Waals surface area contributed by atoms with Crippen LogP contribution in [-0.2, 0) is 19.6 Å². The van der Waals surface area contributed by atoms with E-state index in [4.69, 9.17) is 0 Å². The molecule has 138 valence electrons. The summed E-state index contributed by atoms with van der Waals surface area (Å²) in [6, 6.07) is 10.3. The van der Waals surface area contributed by atoms with E-state index in [1.165, 1.54) is 38.4 Å². The number of esters is 1. The molecular weight excluding hydrogens is 363 g/mol. The van der Waals surface area contributed by atoms with Crippen molar-refractivity contribution >= 4 is 27.6 Å². The number of benzene rings is 2. The predicted octanol–water partition coefficient (Wildman–Crippen LogP) is 1.87. The fourth-order valence-electron chi connectivity index (χ4n) is 2.08. The zero-order valence-corrected chi connectivity index (χ0v) is 14.9. The highest BCUT2D eigenvalue weighted by Gasteiger charge is 2.23. The monoisotopic (exact) mass is 380 g/mol. The van der Waals surface area contributed by atoms with Crippen LogP contribution in [0.4, 0.5) is 10.1 Å². The standard InChI is InChI=1S/C17H17FN2O5S/c1-20(26(23,24)15-9-5-13(18)6-10-15)11-16(21)19-14-7-3-12(4-8-14)17(22)25-2/h3-10H,11H2,1-2H3,(H,19,21). The smallest absolute Gasteiger partial charge is 0.337 e. The lowest BCUT2D eigenvalue weighted by molar-refractivity contribution is -0.116. The molecule has 0 aliphatic rings. The Morgan fingerprint density at radius 1 is 1.08 bits per heavy atom. The minimum absolute atomic E-state index is 0.114. The van der Waals surface area contributed by atoms with Crippen molar-refractivity contribution in [2.75, 3.05) is 26.0 Å². The van der Waals surface area contributed by atoms with Crippen LogP contribution in [0, 0.1) is 5.82 Å². The molecule has 0 aliphatic heterocycles. The maximum atomic E-state index is 12.9. The minimum Gasteiger partial charge on any atom is -0.465 e. The number of carbonyl (C=O) groups excluding carboxylic acids is 2. The highest BCUT2D eigenvalue weighted by atomic mass is 32.2. The van der Waals surface area contributed by atoms with Gasteiger partial charge in [0, 0.05) is 12.7 Å². The molecule has 0 heterocycles. The van der Waals surface area contributed by atoms with Gasteiger partial charge in [0.05, 0.1) is 24.1 Å². The van der Waals surface area contributed by atoms with Crippen LogP contribution in [0.3, 0.4) is 0 Å². The van der Waals surface area contributed by atoms with Crippen molar-refractivity contribution in [1.29, 1.82) is 0 Å². The highest BCUT2D eigenvalue weighted by Crippen LogP contribution is 2.15. The van der Waals surface area contributed by atoms with Gasteiger partial charge in [0.15, 0.2) is 0 Å². The number of ether oxygens (including phenoxy) is 1. The van der Waals surface area contributed by atoms with Crippen molar-refractivity contribution in [3.8, 4) is 0 Å². The van der Waals surface area contributed by atoms with Crippen molar-refractivity contribution in [1.82, 2.24) is 4.31 Å². The Bertz CT molecular complexity index is 896. The summed E-state index contributed by atoms with van der Waals surface area (Å²) in [6.07, 6.45) is 0. The Kier molecular flexibility index (Phi) is 6.06. The summed E-state index contributed by atoms with van der Waals surface area (Å²) in [5, 5.41) is 2.53. The van der Waals surface area contributed by atoms with Gasteiger partial charge < -0.3 is 10.1 Å². The number of nitrogens with one attached hydrogen (secondary N) is 1. The summed E-state index contributed by atoms with van der Waals surface area (Å²) >= 11 is 0. The van der Waals surface area contributed by atoms with Gasteiger partial charge in [-0.05, 0) is 48.5 Å². The van der Waals surface area contributed by atoms with E-state index in [0.29, 0.717) is 11.3 Å². The number of carbonyl (C=O) groups is 2. The lowest BCUT2D eigenvalue weighted by Gasteiger charge is -2.17. The van der Waals surface area contributed by atoms with Gasteiger partial charge in [-0.2, -0.15) is 4.31 Å². The summed E-state index contributed by atoms with van der Waals surface area (Å²) in [4.78, 5) is 23.3. The molecule has 0 atom stereocenters. The molecule has 0 fully saturated rings. The topological polar surface area (TPSA) is 92.8 Å². The van der Waals surface area contributed by atoms with Crippen molar-refractivity contribution in [2.24, 2.45) is 0 Å². The maximum absolute atomic E-state index is 12.9. The number of anilines is 1. The molecule has 0 saturated heterocycles. The van der Waals surface area contributed by atoms with Crippen molar-refractivity contribution in [2.45, 2.75) is 4.90 Å². The third kappa shape index (κ3) is 4.64. The fourth-order valence-corrected chi connectivity index (χ4v) is 3.21. The Morgan fingerprint density at radius 3 is 2.19 bits per heavy atom. The second kappa shape index (κ2) is 8.07. The minimum atomic E-state index is -3.92. The number of sulfonamides is 1. The van der Waals surface area contributed by atoms with Gasteiger partial charge in [-0.15, -0.1) is 0 Å². The van der Waals surface area contributed by atoms with Crippen LogP contribution in [0.15, 0.2) is 53.4 Å². The number of likely N-dealkylation sites (N-methyl/N-ethyl adjacent to an activating group) is 1. The second-order valence-corrected chi connectivity index (χ2v) is 7.38. The molecule has 7 nitrogen and oxygen atoms in total. The van der Waals surface area contributed by atoms with E-state index < -0.39 is 34.3 Å². The van der Waals surface area contributed by atoms with Crippen LogP contribution in [0.1, 0.15) is 10.4 Å². The van der Waals surface area contributed by atoms with E-state index in [0.717, 1.165) is 28.6 Å². The summed E-state index contributed by atoms with van der Waals surface area (Å²) < 4.78 is 43.1. The van der Waals surface area contributed by atoms with Gasteiger partial charge >= 0.3 is 5.97 Å². The number of halogens is 1. The fraction of sp³-hybridized carbons (Fsp3) is 0.176. The van der Waals surface area contributed by atoms with E-state index in [9.17, 15) is 22.4 Å². The van der Waals surface area contributed by atoms with Gasteiger partial charge in [0.1, 0.15) is 5.82 Å². The first-order chi connectivity index (χ1) is 12.2. The lowest BCUT2D eigenvalue weighted by Crippen LogP contribution is -2.34. The predicted molar refractivity (Wildman–Crippen MR) is 92.6 cm³/mol. The first-order valence-electron chi connectivity index (χ1n) is 7.44. The molecular formula is C17H17FN2O5S. The molecule has 2 aromatic carbocycles. The molecule has 0 aromatic heterocycles. The molecule has 2 aromatic rings. The normalized spacial score (nSPS) is 11.2. The van der Waals surface area contributed by atoms with E-state index in [2.05, 4.69) is 10.1 Å². The van der Waals surface area contributed by atoms with Crippen LogP contribution < -0.4 is 5.32 Å². The van der Waals surface area contributed by atoms with Crippen LogP contribution in [0.5, 0.6) is 0 Å². The summed E-state index contributed by atoms with van der Waals surface area (Å²) in [6.45, 7) is -0.432. The van der Waals surface area contributed by atoms with Crippen LogP contribution in [-0.4, -0.2) is 45.3 Å². The first kappa shape index (κ1) is 19.5. The Morgan fingerprint density at radius 2 is 1.65 bits per heavy atom. The first-order valence-corrected chi connectivity index (χ1v) is 8.88. The maximum Gasteiger partial charge on any atom is 0.337 e. The molecule has 0 bridgehead atoms. The molecule has 26 heavy (non-hydrogen) atoms. The Labute approximate surface area is 150 Å². The van der Waals surface area contributed by atoms with E-state index in [1.807, 2.05) is 0 Å². The number of rotatable bonds is 6. The van der Waals surface area contributed by atoms with E-state index in [-0.39, 0.29) is 4.90 Å². The Hall–Kier alpha value is -2.78. The number of methoxy groups -OCH3 is 1. The zero-order valence-electron chi connectivity index (χ0n) is 14.1. The van der Waals surface area contributed by atoms with Crippen LogP contribution >= 0.6 is 0 Å². The molecule has 0 spiro atoms. The van der Waals surface area contributed by atoms with E-state index >= 15 is 0 Å². The SMILES string of the molecule is COC(=O)c1ccc(NC(=O)CN(C)S(=O)(=O)c2ccc(F)cc2)cc1. The summed E-state index contributed by atoms with van der Waals surface area (Å²) in [5.41, 5.74) is 0.719. The molecule has 1 amide bonds. The van der Waals surface area contributed by atoms with Gasteiger partial charge in [-0.25, -0.2) is 17.6 Å². The largest absolute Gasteiger partial charge is 0.465 e.